The van der Waals surface area contributed by atoms with Gasteiger partial charge < -0.3 is 9.47 Å². The predicted octanol–water partition coefficient (Wildman–Crippen LogP) is 5.12. The van der Waals surface area contributed by atoms with Gasteiger partial charge in [0.15, 0.2) is 0 Å². The van der Waals surface area contributed by atoms with Crippen LogP contribution in [0, 0.1) is 29.1 Å². The van der Waals surface area contributed by atoms with Crippen LogP contribution in [0.15, 0.2) is 36.1 Å². The van der Waals surface area contributed by atoms with Gasteiger partial charge in [-0.3, -0.25) is 0 Å². The number of rotatable bonds is 3. The number of hydrogen-bond donors (Lipinski definition) is 0. The number of benzene rings is 1. The maximum atomic E-state index is 9.73. The van der Waals surface area contributed by atoms with Gasteiger partial charge >= 0.3 is 0 Å². The Hall–Kier alpha value is -2.21. The van der Waals surface area contributed by atoms with Gasteiger partial charge in [-0.05, 0) is 84.8 Å². The molecule has 0 spiro atoms. The first-order valence-electron chi connectivity index (χ1n) is 9.78. The monoisotopic (exact) mass is 349 g/mol. The van der Waals surface area contributed by atoms with Crippen molar-refractivity contribution in [2.24, 2.45) is 17.8 Å². The second-order valence-electron chi connectivity index (χ2n) is 7.85. The third kappa shape index (κ3) is 2.92. The zero-order valence-corrected chi connectivity index (χ0v) is 15.7. The summed E-state index contributed by atoms with van der Waals surface area (Å²) in [4.78, 5) is 0. The third-order valence-corrected chi connectivity index (χ3v) is 6.71. The van der Waals surface area contributed by atoms with E-state index in [9.17, 15) is 5.26 Å². The van der Waals surface area contributed by atoms with Crippen molar-refractivity contribution in [1.29, 1.82) is 5.26 Å². The highest BCUT2D eigenvalue weighted by atomic mass is 16.5. The van der Waals surface area contributed by atoms with E-state index in [1.807, 2.05) is 6.07 Å². The van der Waals surface area contributed by atoms with Crippen LogP contribution in [-0.2, 0) is 11.2 Å². The second-order valence-corrected chi connectivity index (χ2v) is 7.85. The Labute approximate surface area is 156 Å². The SMILES string of the molecule is COC1=CCC([C@@H]2Cc3c(C#N)cc(OC)cc3[C@@H]3CCCC[C@@H]32)C=C1. The fourth-order valence-electron chi connectivity index (χ4n) is 5.44. The fourth-order valence-corrected chi connectivity index (χ4v) is 5.44. The molecule has 3 aliphatic rings. The molecule has 0 aromatic heterocycles. The number of hydrogen-bond acceptors (Lipinski definition) is 3. The van der Waals surface area contributed by atoms with E-state index < -0.39 is 0 Å². The van der Waals surface area contributed by atoms with E-state index in [-0.39, 0.29) is 0 Å². The molecule has 1 unspecified atom stereocenters. The summed E-state index contributed by atoms with van der Waals surface area (Å²) in [7, 11) is 3.43. The van der Waals surface area contributed by atoms with Crippen LogP contribution in [0.5, 0.6) is 5.75 Å². The summed E-state index contributed by atoms with van der Waals surface area (Å²) in [5, 5.41) is 9.73. The summed E-state index contributed by atoms with van der Waals surface area (Å²) in [5.74, 6) is 4.23. The van der Waals surface area contributed by atoms with Gasteiger partial charge in [-0.1, -0.05) is 18.9 Å². The average molecular weight is 349 g/mol. The normalized spacial score (nSPS) is 29.8. The van der Waals surface area contributed by atoms with Crippen molar-refractivity contribution in [2.75, 3.05) is 14.2 Å². The Kier molecular flexibility index (Phi) is 4.76. The zero-order chi connectivity index (χ0) is 18.1. The lowest BCUT2D eigenvalue weighted by molar-refractivity contribution is 0.155. The van der Waals surface area contributed by atoms with Crippen LogP contribution >= 0.6 is 0 Å². The maximum Gasteiger partial charge on any atom is 0.120 e. The number of nitrogens with zero attached hydrogens (tertiary/aromatic N) is 1. The van der Waals surface area contributed by atoms with Gasteiger partial charge in [0.1, 0.15) is 11.5 Å². The smallest absolute Gasteiger partial charge is 0.120 e. The minimum Gasteiger partial charge on any atom is -0.497 e. The first-order chi connectivity index (χ1) is 12.7. The van der Waals surface area contributed by atoms with Crippen LogP contribution in [0.25, 0.3) is 0 Å². The van der Waals surface area contributed by atoms with E-state index in [2.05, 4.69) is 30.4 Å². The molecule has 136 valence electrons. The van der Waals surface area contributed by atoms with Gasteiger partial charge in [0.25, 0.3) is 0 Å². The fraction of sp³-hybridized carbons (Fsp3) is 0.522. The molecule has 3 aliphatic carbocycles. The lowest BCUT2D eigenvalue weighted by Gasteiger charge is -2.45. The Balaban J connectivity index is 1.73. The lowest BCUT2D eigenvalue weighted by atomic mass is 9.59. The molecule has 0 heterocycles. The van der Waals surface area contributed by atoms with Gasteiger partial charge in [0.2, 0.25) is 0 Å². The summed E-state index contributed by atoms with van der Waals surface area (Å²) in [6.45, 7) is 0. The molecule has 3 nitrogen and oxygen atoms in total. The van der Waals surface area contributed by atoms with E-state index in [4.69, 9.17) is 9.47 Å². The minimum atomic E-state index is 0.543. The van der Waals surface area contributed by atoms with Gasteiger partial charge in [-0.25, -0.2) is 0 Å². The summed E-state index contributed by atoms with van der Waals surface area (Å²) in [6.07, 6.45) is 13.9. The van der Waals surface area contributed by atoms with Crippen molar-refractivity contribution < 1.29 is 9.47 Å². The van der Waals surface area contributed by atoms with Gasteiger partial charge in [-0.2, -0.15) is 5.26 Å². The van der Waals surface area contributed by atoms with E-state index in [0.29, 0.717) is 23.7 Å². The number of fused-ring (bicyclic) bond motifs is 3. The molecule has 1 fully saturated rings. The molecule has 0 amide bonds. The van der Waals surface area contributed by atoms with Gasteiger partial charge in [0, 0.05) is 0 Å². The standard InChI is InChI=1S/C23H27NO2/c1-25-17-9-7-15(8-10-17)21-13-22-16(14-24)11-18(26-2)12-23(22)20-6-4-3-5-19(20)21/h7,9-12,15,19-21H,3-6,8,13H2,1-2H3/t15?,19-,20+,21-/m0/s1. The molecule has 3 heteroatoms. The second kappa shape index (κ2) is 7.19. The minimum absolute atomic E-state index is 0.543. The first kappa shape index (κ1) is 17.2. The molecule has 4 atom stereocenters. The predicted molar refractivity (Wildman–Crippen MR) is 102 cm³/mol. The Morgan fingerprint density at radius 2 is 1.92 bits per heavy atom. The number of nitriles is 1. The molecule has 1 aromatic carbocycles. The van der Waals surface area contributed by atoms with Crippen LogP contribution in [0.4, 0.5) is 0 Å². The van der Waals surface area contributed by atoms with E-state index >= 15 is 0 Å². The molecular weight excluding hydrogens is 322 g/mol. The molecule has 1 aromatic rings. The summed E-state index contributed by atoms with van der Waals surface area (Å²) >= 11 is 0. The van der Waals surface area contributed by atoms with Crippen LogP contribution in [0.1, 0.15) is 54.7 Å². The largest absolute Gasteiger partial charge is 0.497 e. The Morgan fingerprint density at radius 3 is 2.62 bits per heavy atom. The van der Waals surface area contributed by atoms with E-state index in [0.717, 1.165) is 29.9 Å². The summed E-state index contributed by atoms with van der Waals surface area (Å²) in [6, 6.07) is 6.55. The topological polar surface area (TPSA) is 42.2 Å². The third-order valence-electron chi connectivity index (χ3n) is 6.71. The quantitative estimate of drug-likeness (QED) is 0.760. The maximum absolute atomic E-state index is 9.73. The van der Waals surface area contributed by atoms with Crippen molar-refractivity contribution in [3.05, 3.63) is 52.8 Å². The van der Waals surface area contributed by atoms with E-state index in [1.165, 1.54) is 36.8 Å². The molecular formula is C23H27NO2. The molecule has 0 radical (unpaired) electrons. The highest BCUT2D eigenvalue weighted by molar-refractivity contribution is 5.51. The van der Waals surface area contributed by atoms with Crippen molar-refractivity contribution in [3.63, 3.8) is 0 Å². The van der Waals surface area contributed by atoms with Gasteiger partial charge in [-0.15, -0.1) is 0 Å². The van der Waals surface area contributed by atoms with Crippen molar-refractivity contribution in [3.8, 4) is 11.8 Å². The zero-order valence-electron chi connectivity index (χ0n) is 15.7. The van der Waals surface area contributed by atoms with Crippen LogP contribution in [0.2, 0.25) is 0 Å². The molecule has 4 rings (SSSR count). The Bertz CT molecular complexity index is 786. The number of ether oxygens (including phenoxy) is 2. The van der Waals surface area contributed by atoms with Gasteiger partial charge in [0.05, 0.1) is 25.9 Å². The molecule has 1 saturated carbocycles. The number of methoxy groups -OCH3 is 2. The summed E-state index contributed by atoms with van der Waals surface area (Å²) < 4.78 is 10.9. The average Bonchev–Trinajstić information content (AvgIpc) is 2.72. The van der Waals surface area contributed by atoms with Crippen molar-refractivity contribution in [1.82, 2.24) is 0 Å². The Morgan fingerprint density at radius 1 is 1.08 bits per heavy atom. The molecule has 0 saturated heterocycles. The highest BCUT2D eigenvalue weighted by Gasteiger charge is 2.41. The van der Waals surface area contributed by atoms with Crippen molar-refractivity contribution >= 4 is 0 Å². The molecule has 0 aliphatic heterocycles. The van der Waals surface area contributed by atoms with E-state index in [1.54, 1.807) is 14.2 Å². The van der Waals surface area contributed by atoms with Crippen LogP contribution in [-0.4, -0.2) is 14.2 Å². The molecule has 0 bridgehead atoms. The number of allylic oxidation sites excluding steroid dienone is 3. The summed E-state index contributed by atoms with van der Waals surface area (Å²) in [5.41, 5.74) is 3.47. The highest BCUT2D eigenvalue weighted by Crippen LogP contribution is 2.52. The van der Waals surface area contributed by atoms with Crippen LogP contribution < -0.4 is 4.74 Å². The molecule has 0 N–H and O–H groups in total. The lowest BCUT2D eigenvalue weighted by Crippen LogP contribution is -2.36. The van der Waals surface area contributed by atoms with Crippen molar-refractivity contribution in [2.45, 2.75) is 44.4 Å². The molecule has 26 heavy (non-hydrogen) atoms. The first-order valence-corrected chi connectivity index (χ1v) is 9.78. The van der Waals surface area contributed by atoms with Crippen LogP contribution in [0.3, 0.4) is 0 Å².